The average Bonchev–Trinajstić information content (AvgIpc) is 3.25. The van der Waals surface area contributed by atoms with Crippen LogP contribution in [-0.2, 0) is 13.1 Å². The molecule has 0 saturated carbocycles. The fourth-order valence-electron chi connectivity index (χ4n) is 3.08. The summed E-state index contributed by atoms with van der Waals surface area (Å²) in [6, 6.07) is 15.7. The number of methoxy groups -OCH3 is 1. The lowest BCUT2D eigenvalue weighted by atomic mass is 10.1. The van der Waals surface area contributed by atoms with E-state index in [1.54, 1.807) is 13.3 Å². The van der Waals surface area contributed by atoms with Crippen molar-refractivity contribution >= 4 is 5.91 Å². The zero-order chi connectivity index (χ0) is 16.5. The van der Waals surface area contributed by atoms with Gasteiger partial charge in [-0.3, -0.25) is 4.79 Å². The SMILES string of the molecule is COc1cccc2c1C(=O)N(Cc1ccc(-n3cccn3)cc1)C2. The van der Waals surface area contributed by atoms with Gasteiger partial charge in [0.15, 0.2) is 0 Å². The number of benzene rings is 2. The van der Waals surface area contributed by atoms with Crippen LogP contribution in [0.1, 0.15) is 21.5 Å². The molecule has 0 fully saturated rings. The van der Waals surface area contributed by atoms with Crippen LogP contribution in [0.15, 0.2) is 60.9 Å². The number of nitrogens with zero attached hydrogens (tertiary/aromatic N) is 3. The summed E-state index contributed by atoms with van der Waals surface area (Å²) < 4.78 is 7.14. The Labute approximate surface area is 140 Å². The standard InChI is InChI=1S/C19H17N3O2/c1-24-17-5-2-4-15-13-21(19(23)18(15)17)12-14-6-8-16(9-7-14)22-11-3-10-20-22/h2-11H,12-13H2,1H3. The molecule has 0 bridgehead atoms. The number of carbonyl (C=O) groups excluding carboxylic acids is 1. The Morgan fingerprint density at radius 1 is 1.12 bits per heavy atom. The highest BCUT2D eigenvalue weighted by atomic mass is 16.5. The maximum Gasteiger partial charge on any atom is 0.258 e. The van der Waals surface area contributed by atoms with Crippen LogP contribution in [0.25, 0.3) is 5.69 Å². The molecule has 2 aromatic carbocycles. The van der Waals surface area contributed by atoms with Gasteiger partial charge < -0.3 is 9.64 Å². The molecule has 1 aromatic heterocycles. The molecule has 3 aromatic rings. The van der Waals surface area contributed by atoms with Crippen LogP contribution in [0.2, 0.25) is 0 Å². The van der Waals surface area contributed by atoms with Gasteiger partial charge in [-0.25, -0.2) is 4.68 Å². The highest BCUT2D eigenvalue weighted by Gasteiger charge is 2.30. The summed E-state index contributed by atoms with van der Waals surface area (Å²) in [5.74, 6) is 0.674. The lowest BCUT2D eigenvalue weighted by Crippen LogP contribution is -2.23. The predicted molar refractivity (Wildman–Crippen MR) is 90.1 cm³/mol. The van der Waals surface area contributed by atoms with E-state index in [4.69, 9.17) is 4.74 Å². The summed E-state index contributed by atoms with van der Waals surface area (Å²) in [4.78, 5) is 14.5. The summed E-state index contributed by atoms with van der Waals surface area (Å²) in [6.45, 7) is 1.20. The van der Waals surface area contributed by atoms with Gasteiger partial charge in [-0.2, -0.15) is 5.10 Å². The lowest BCUT2D eigenvalue weighted by Gasteiger charge is -2.16. The highest BCUT2D eigenvalue weighted by Crippen LogP contribution is 2.31. The summed E-state index contributed by atoms with van der Waals surface area (Å²) in [5.41, 5.74) is 3.80. The molecule has 5 heteroatoms. The van der Waals surface area contributed by atoms with Crippen molar-refractivity contribution in [2.75, 3.05) is 7.11 Å². The predicted octanol–water partition coefficient (Wildman–Crippen LogP) is 3.04. The van der Waals surface area contributed by atoms with Gasteiger partial charge in [0.2, 0.25) is 0 Å². The fourth-order valence-corrected chi connectivity index (χ4v) is 3.08. The third kappa shape index (κ3) is 2.44. The molecule has 4 rings (SSSR count). The fraction of sp³-hybridized carbons (Fsp3) is 0.158. The van der Waals surface area contributed by atoms with Gasteiger partial charge in [0.25, 0.3) is 5.91 Å². The molecular formula is C19H17N3O2. The second-order valence-electron chi connectivity index (χ2n) is 5.77. The molecule has 1 aliphatic rings. The first-order valence-electron chi connectivity index (χ1n) is 7.80. The lowest BCUT2D eigenvalue weighted by molar-refractivity contribution is 0.0764. The third-order valence-electron chi connectivity index (χ3n) is 4.27. The quantitative estimate of drug-likeness (QED) is 0.742. The van der Waals surface area contributed by atoms with Crippen molar-refractivity contribution in [1.29, 1.82) is 0 Å². The molecule has 0 saturated heterocycles. The van der Waals surface area contributed by atoms with E-state index < -0.39 is 0 Å². The topological polar surface area (TPSA) is 47.4 Å². The van der Waals surface area contributed by atoms with Crippen LogP contribution < -0.4 is 4.74 Å². The summed E-state index contributed by atoms with van der Waals surface area (Å²) >= 11 is 0. The molecule has 0 radical (unpaired) electrons. The first-order chi connectivity index (χ1) is 11.8. The van der Waals surface area contributed by atoms with E-state index in [2.05, 4.69) is 5.10 Å². The van der Waals surface area contributed by atoms with E-state index in [-0.39, 0.29) is 5.91 Å². The summed E-state index contributed by atoms with van der Waals surface area (Å²) in [6.07, 6.45) is 3.66. The number of ether oxygens (including phenoxy) is 1. The van der Waals surface area contributed by atoms with Crippen LogP contribution in [0, 0.1) is 0 Å². The molecule has 0 N–H and O–H groups in total. The van der Waals surface area contributed by atoms with E-state index >= 15 is 0 Å². The monoisotopic (exact) mass is 319 g/mol. The van der Waals surface area contributed by atoms with Gasteiger partial charge in [0.05, 0.1) is 18.4 Å². The third-order valence-corrected chi connectivity index (χ3v) is 4.27. The number of hydrogen-bond donors (Lipinski definition) is 0. The minimum absolute atomic E-state index is 0.0265. The molecule has 0 aliphatic carbocycles. The molecule has 0 spiro atoms. The van der Waals surface area contributed by atoms with E-state index in [1.165, 1.54) is 0 Å². The Balaban J connectivity index is 1.54. The number of rotatable bonds is 4. The van der Waals surface area contributed by atoms with Crippen molar-refractivity contribution in [2.24, 2.45) is 0 Å². The molecule has 5 nitrogen and oxygen atoms in total. The number of hydrogen-bond acceptors (Lipinski definition) is 3. The second kappa shape index (κ2) is 5.85. The largest absolute Gasteiger partial charge is 0.496 e. The first-order valence-corrected chi connectivity index (χ1v) is 7.80. The molecule has 0 atom stereocenters. The molecule has 0 unspecified atom stereocenters. The van der Waals surface area contributed by atoms with Crippen molar-refractivity contribution < 1.29 is 9.53 Å². The Morgan fingerprint density at radius 2 is 1.96 bits per heavy atom. The van der Waals surface area contributed by atoms with E-state index in [1.807, 2.05) is 64.3 Å². The zero-order valence-corrected chi connectivity index (χ0v) is 13.3. The van der Waals surface area contributed by atoms with Crippen LogP contribution in [0.3, 0.4) is 0 Å². The van der Waals surface area contributed by atoms with Crippen molar-refractivity contribution in [3.05, 3.63) is 77.6 Å². The van der Waals surface area contributed by atoms with Gasteiger partial charge in [-0.05, 0) is 35.4 Å². The smallest absolute Gasteiger partial charge is 0.258 e. The Morgan fingerprint density at radius 3 is 2.67 bits per heavy atom. The highest BCUT2D eigenvalue weighted by molar-refractivity contribution is 6.00. The van der Waals surface area contributed by atoms with E-state index in [0.29, 0.717) is 24.4 Å². The van der Waals surface area contributed by atoms with Crippen LogP contribution >= 0.6 is 0 Å². The van der Waals surface area contributed by atoms with Gasteiger partial charge in [-0.1, -0.05) is 24.3 Å². The van der Waals surface area contributed by atoms with Gasteiger partial charge >= 0.3 is 0 Å². The van der Waals surface area contributed by atoms with Crippen molar-refractivity contribution in [1.82, 2.24) is 14.7 Å². The van der Waals surface area contributed by atoms with Crippen molar-refractivity contribution in [3.63, 3.8) is 0 Å². The van der Waals surface area contributed by atoms with Crippen molar-refractivity contribution in [3.8, 4) is 11.4 Å². The average molecular weight is 319 g/mol. The second-order valence-corrected chi connectivity index (χ2v) is 5.77. The Kier molecular flexibility index (Phi) is 3.54. The van der Waals surface area contributed by atoms with Crippen LogP contribution in [0.4, 0.5) is 0 Å². The number of amides is 1. The minimum atomic E-state index is 0.0265. The number of fused-ring (bicyclic) bond motifs is 1. The van der Waals surface area contributed by atoms with Gasteiger partial charge in [0, 0.05) is 25.5 Å². The molecule has 120 valence electrons. The van der Waals surface area contributed by atoms with Gasteiger partial charge in [0.1, 0.15) is 5.75 Å². The maximum atomic E-state index is 12.7. The normalized spacial score (nSPS) is 13.2. The number of aromatic nitrogens is 2. The van der Waals surface area contributed by atoms with Crippen LogP contribution in [-0.4, -0.2) is 27.7 Å². The first kappa shape index (κ1) is 14.5. The maximum absolute atomic E-state index is 12.7. The zero-order valence-electron chi connectivity index (χ0n) is 13.3. The summed E-state index contributed by atoms with van der Waals surface area (Å²) in [7, 11) is 1.60. The molecule has 24 heavy (non-hydrogen) atoms. The molecule has 1 aliphatic heterocycles. The van der Waals surface area contributed by atoms with Crippen LogP contribution in [0.5, 0.6) is 5.75 Å². The van der Waals surface area contributed by atoms with Gasteiger partial charge in [-0.15, -0.1) is 0 Å². The van der Waals surface area contributed by atoms with E-state index in [9.17, 15) is 4.79 Å². The molecular weight excluding hydrogens is 302 g/mol. The van der Waals surface area contributed by atoms with Crippen molar-refractivity contribution in [2.45, 2.75) is 13.1 Å². The Hall–Kier alpha value is -3.08. The molecule has 1 amide bonds. The molecule has 2 heterocycles. The minimum Gasteiger partial charge on any atom is -0.496 e. The van der Waals surface area contributed by atoms with E-state index in [0.717, 1.165) is 16.8 Å². The summed E-state index contributed by atoms with van der Waals surface area (Å²) in [5, 5.41) is 4.22. The Bertz CT molecular complexity index is 870. The number of carbonyl (C=O) groups is 1.